The highest BCUT2D eigenvalue weighted by Crippen LogP contribution is 2.43. The van der Waals surface area contributed by atoms with E-state index in [4.69, 9.17) is 0 Å². The van der Waals surface area contributed by atoms with Crippen LogP contribution in [-0.4, -0.2) is 36.6 Å². The fourth-order valence-corrected chi connectivity index (χ4v) is 5.84. The lowest BCUT2D eigenvalue weighted by Gasteiger charge is -2.26. The molecule has 0 radical (unpaired) electrons. The monoisotopic (exact) mass is 506 g/mol. The van der Waals surface area contributed by atoms with Gasteiger partial charge in [0.05, 0.1) is 22.2 Å². The first-order valence-electron chi connectivity index (χ1n) is 11.8. The molecule has 8 heteroatoms. The lowest BCUT2D eigenvalue weighted by Crippen LogP contribution is -2.30. The summed E-state index contributed by atoms with van der Waals surface area (Å²) in [5.41, 5.74) is 3.94. The maximum absolute atomic E-state index is 14.1. The van der Waals surface area contributed by atoms with Gasteiger partial charge in [-0.25, -0.2) is 4.98 Å². The second-order valence-corrected chi connectivity index (χ2v) is 9.88. The average molecular weight is 507 g/mol. The van der Waals surface area contributed by atoms with Gasteiger partial charge in [0.15, 0.2) is 5.76 Å². The van der Waals surface area contributed by atoms with E-state index < -0.39 is 23.5 Å². The average Bonchev–Trinajstić information content (AvgIpc) is 3.60. The molecule has 182 valence electrons. The normalized spacial score (nSPS) is 15.6. The maximum Gasteiger partial charge on any atom is 0.290 e. The fraction of sp³-hybridized carbons (Fsp3) is 0.103. The van der Waals surface area contributed by atoms with Gasteiger partial charge in [0.1, 0.15) is 5.01 Å². The standard InChI is InChI=1S/C29H22N4O3S/c1-17-27(37-28(32-17)19-9-3-2-4-10-19)25(34)23-24(21-15-31-22-12-6-5-11-20(21)22)33(29(36)26(23)35)16-18-8-7-13-30-14-18/h2-15,24,31,35H,16H2,1H3. The summed E-state index contributed by atoms with van der Waals surface area (Å²) < 4.78 is 0. The van der Waals surface area contributed by atoms with Gasteiger partial charge >= 0.3 is 0 Å². The van der Waals surface area contributed by atoms with Crippen molar-refractivity contribution >= 4 is 33.9 Å². The first kappa shape index (κ1) is 22.9. The highest BCUT2D eigenvalue weighted by molar-refractivity contribution is 7.17. The third kappa shape index (κ3) is 3.91. The number of benzene rings is 2. The summed E-state index contributed by atoms with van der Waals surface area (Å²) in [7, 11) is 0. The van der Waals surface area contributed by atoms with E-state index in [1.54, 1.807) is 31.6 Å². The maximum atomic E-state index is 14.1. The number of amides is 1. The Hall–Kier alpha value is -4.56. The number of fused-ring (bicyclic) bond motifs is 1. The van der Waals surface area contributed by atoms with E-state index in [-0.39, 0.29) is 12.1 Å². The van der Waals surface area contributed by atoms with E-state index in [0.29, 0.717) is 15.6 Å². The highest BCUT2D eigenvalue weighted by atomic mass is 32.1. The first-order valence-corrected chi connectivity index (χ1v) is 12.6. The van der Waals surface area contributed by atoms with Crippen molar-refractivity contribution in [2.45, 2.75) is 19.5 Å². The lowest BCUT2D eigenvalue weighted by atomic mass is 9.94. The zero-order chi connectivity index (χ0) is 25.5. The van der Waals surface area contributed by atoms with Crippen LogP contribution in [0.1, 0.15) is 32.5 Å². The Labute approximate surface area is 216 Å². The number of hydrogen-bond acceptors (Lipinski definition) is 6. The Bertz CT molecular complexity index is 1670. The molecular formula is C29H22N4O3S. The minimum Gasteiger partial charge on any atom is -0.503 e. The predicted octanol–water partition coefficient (Wildman–Crippen LogP) is 5.77. The van der Waals surface area contributed by atoms with Crippen molar-refractivity contribution in [1.29, 1.82) is 0 Å². The number of Topliss-reactive ketones (excluding diaryl/α,β-unsaturated/α-hetero) is 1. The summed E-state index contributed by atoms with van der Waals surface area (Å²) in [6.07, 6.45) is 5.14. The molecule has 7 nitrogen and oxygen atoms in total. The summed E-state index contributed by atoms with van der Waals surface area (Å²) in [6, 6.07) is 20.2. The number of H-pyrrole nitrogens is 1. The number of carbonyl (C=O) groups is 2. The Morgan fingerprint density at radius 1 is 1.08 bits per heavy atom. The molecule has 0 bridgehead atoms. The van der Waals surface area contributed by atoms with Gasteiger partial charge < -0.3 is 15.0 Å². The molecule has 0 fully saturated rings. The number of nitrogens with zero attached hydrogens (tertiary/aromatic N) is 3. The SMILES string of the molecule is Cc1nc(-c2ccccc2)sc1C(=O)C1=C(O)C(=O)N(Cc2cccnc2)C1c1c[nH]c2ccccc12. The van der Waals surface area contributed by atoms with Crippen LogP contribution in [0.4, 0.5) is 0 Å². The van der Waals surface area contributed by atoms with Gasteiger partial charge in [-0.3, -0.25) is 14.6 Å². The molecule has 4 heterocycles. The van der Waals surface area contributed by atoms with E-state index in [0.717, 1.165) is 27.6 Å². The number of aromatic amines is 1. The number of aromatic nitrogens is 3. The molecule has 1 unspecified atom stereocenters. The van der Waals surface area contributed by atoms with Crippen LogP contribution >= 0.6 is 11.3 Å². The largest absolute Gasteiger partial charge is 0.503 e. The molecule has 2 N–H and O–H groups in total. The highest BCUT2D eigenvalue weighted by Gasteiger charge is 2.45. The molecule has 0 spiro atoms. The number of aryl methyl sites for hydroxylation is 1. The van der Waals surface area contributed by atoms with Crippen LogP contribution in [-0.2, 0) is 11.3 Å². The number of para-hydroxylation sites is 1. The number of aliphatic hydroxyl groups excluding tert-OH is 1. The summed E-state index contributed by atoms with van der Waals surface area (Å²) in [6.45, 7) is 1.97. The lowest BCUT2D eigenvalue weighted by molar-refractivity contribution is -0.130. The second kappa shape index (κ2) is 9.15. The number of thiazole rings is 1. The Morgan fingerprint density at radius 3 is 2.65 bits per heavy atom. The van der Waals surface area contributed by atoms with Crippen LogP contribution in [0, 0.1) is 6.92 Å². The zero-order valence-electron chi connectivity index (χ0n) is 19.9. The molecule has 1 aliphatic rings. The van der Waals surface area contributed by atoms with Gasteiger partial charge in [-0.05, 0) is 24.6 Å². The second-order valence-electron chi connectivity index (χ2n) is 8.88. The van der Waals surface area contributed by atoms with E-state index in [2.05, 4.69) is 15.0 Å². The molecule has 1 atom stereocenters. The third-order valence-electron chi connectivity index (χ3n) is 6.56. The molecule has 1 aliphatic heterocycles. The molecule has 0 saturated heterocycles. The predicted molar refractivity (Wildman–Crippen MR) is 142 cm³/mol. The minimum absolute atomic E-state index is 0.0602. The number of ketones is 1. The Morgan fingerprint density at radius 2 is 1.86 bits per heavy atom. The van der Waals surface area contributed by atoms with Crippen molar-refractivity contribution in [2.75, 3.05) is 0 Å². The molecule has 0 aliphatic carbocycles. The minimum atomic E-state index is -0.780. The molecular weight excluding hydrogens is 484 g/mol. The van der Waals surface area contributed by atoms with E-state index in [9.17, 15) is 14.7 Å². The van der Waals surface area contributed by atoms with E-state index in [1.165, 1.54) is 16.2 Å². The van der Waals surface area contributed by atoms with Crippen LogP contribution in [0.3, 0.4) is 0 Å². The Kier molecular flexibility index (Phi) is 5.65. The third-order valence-corrected chi connectivity index (χ3v) is 7.77. The first-order chi connectivity index (χ1) is 18.0. The van der Waals surface area contributed by atoms with Crippen LogP contribution in [0.5, 0.6) is 0 Å². The number of pyridine rings is 1. The van der Waals surface area contributed by atoms with Crippen LogP contribution in [0.2, 0.25) is 0 Å². The number of hydrogen-bond donors (Lipinski definition) is 2. The van der Waals surface area contributed by atoms with Crippen LogP contribution < -0.4 is 0 Å². The van der Waals surface area contributed by atoms with Crippen molar-refractivity contribution in [1.82, 2.24) is 19.9 Å². The fourth-order valence-electron chi connectivity index (χ4n) is 4.81. The van der Waals surface area contributed by atoms with Crippen LogP contribution in [0.25, 0.3) is 21.5 Å². The molecule has 37 heavy (non-hydrogen) atoms. The van der Waals surface area contributed by atoms with Gasteiger partial charge in [0.25, 0.3) is 5.91 Å². The van der Waals surface area contributed by atoms with E-state index >= 15 is 0 Å². The molecule has 0 saturated carbocycles. The molecule has 3 aromatic heterocycles. The molecule has 2 aromatic carbocycles. The topological polar surface area (TPSA) is 99.2 Å². The summed E-state index contributed by atoms with van der Waals surface area (Å²) in [4.78, 5) is 41.4. The summed E-state index contributed by atoms with van der Waals surface area (Å²) >= 11 is 1.27. The molecule has 5 aromatic rings. The molecule has 1 amide bonds. The number of nitrogens with one attached hydrogen (secondary N) is 1. The van der Waals surface area contributed by atoms with E-state index in [1.807, 2.05) is 60.7 Å². The number of rotatable bonds is 6. The van der Waals surface area contributed by atoms with Crippen molar-refractivity contribution in [3.05, 3.63) is 118 Å². The van der Waals surface area contributed by atoms with Crippen molar-refractivity contribution < 1.29 is 14.7 Å². The van der Waals surface area contributed by atoms with Crippen molar-refractivity contribution in [2.24, 2.45) is 0 Å². The molecule has 6 rings (SSSR count). The smallest absolute Gasteiger partial charge is 0.290 e. The summed E-state index contributed by atoms with van der Waals surface area (Å²) in [5, 5.41) is 12.7. The van der Waals surface area contributed by atoms with Gasteiger partial charge in [-0.2, -0.15) is 0 Å². The van der Waals surface area contributed by atoms with Gasteiger partial charge in [-0.15, -0.1) is 11.3 Å². The zero-order valence-corrected chi connectivity index (χ0v) is 20.7. The van der Waals surface area contributed by atoms with Gasteiger partial charge in [0.2, 0.25) is 5.78 Å². The number of carbonyl (C=O) groups excluding carboxylic acids is 2. The Balaban J connectivity index is 1.47. The van der Waals surface area contributed by atoms with Crippen molar-refractivity contribution in [3.8, 4) is 10.6 Å². The van der Waals surface area contributed by atoms with Crippen molar-refractivity contribution in [3.63, 3.8) is 0 Å². The summed E-state index contributed by atoms with van der Waals surface area (Å²) in [5.74, 6) is -1.52. The van der Waals surface area contributed by atoms with Gasteiger partial charge in [0, 0.05) is 47.2 Å². The quantitative estimate of drug-likeness (QED) is 0.285. The van der Waals surface area contributed by atoms with Crippen LogP contribution in [0.15, 0.2) is 96.7 Å². The number of aliphatic hydroxyl groups is 1. The van der Waals surface area contributed by atoms with Gasteiger partial charge in [-0.1, -0.05) is 54.6 Å².